The van der Waals surface area contributed by atoms with Crippen LogP contribution in [0.1, 0.15) is 258 Å². The summed E-state index contributed by atoms with van der Waals surface area (Å²) in [5.74, 6) is -0.944. The standard InChI is InChI=1S/C60H102O6/c1-4-7-10-13-16-19-22-25-27-29-30-31-33-35-38-41-44-47-50-53-59(62)65-56-57(55-64-58(61)52-49-46-43-40-37-34-24-21-18-15-12-9-6-3)66-60(63)54-51-48-45-42-39-36-32-28-26-23-20-17-14-11-8-5-2/h9,12,15-16,18-19,21-22,24-25,28,32,36,39,57H,4-8,10-11,13-14,17,20,23,26-27,29-31,33-35,37-38,40-56H2,1-3H3/b12-9+,18-15+,19-16+,24-21+,25-22+,32-28+,39-36+. The van der Waals surface area contributed by atoms with Crippen molar-refractivity contribution in [1.82, 2.24) is 0 Å². The summed E-state index contributed by atoms with van der Waals surface area (Å²) in [6.07, 6.45) is 70.0. The summed E-state index contributed by atoms with van der Waals surface area (Å²) in [5.41, 5.74) is 0. The van der Waals surface area contributed by atoms with Crippen molar-refractivity contribution in [2.45, 2.75) is 264 Å². The van der Waals surface area contributed by atoms with Gasteiger partial charge in [-0.3, -0.25) is 14.4 Å². The highest BCUT2D eigenvalue weighted by atomic mass is 16.6. The molecule has 1 unspecified atom stereocenters. The van der Waals surface area contributed by atoms with E-state index in [1.54, 1.807) is 0 Å². The molecule has 1 atom stereocenters. The minimum absolute atomic E-state index is 0.0960. The fraction of sp³-hybridized carbons (Fsp3) is 0.717. The van der Waals surface area contributed by atoms with Gasteiger partial charge in [-0.2, -0.15) is 0 Å². The Morgan fingerprint density at radius 1 is 0.318 bits per heavy atom. The molecule has 0 N–H and O–H groups in total. The van der Waals surface area contributed by atoms with Crippen LogP contribution in [-0.4, -0.2) is 37.2 Å². The molecule has 0 amide bonds. The number of hydrogen-bond donors (Lipinski definition) is 0. The van der Waals surface area contributed by atoms with Crippen molar-refractivity contribution in [3.63, 3.8) is 0 Å². The molecule has 0 radical (unpaired) electrons. The number of unbranched alkanes of at least 4 members (excludes halogenated alkanes) is 28. The quantitative estimate of drug-likeness (QED) is 0.0262. The predicted molar refractivity (Wildman–Crippen MR) is 284 cm³/mol. The van der Waals surface area contributed by atoms with Crippen LogP contribution in [0, 0.1) is 0 Å². The van der Waals surface area contributed by atoms with Gasteiger partial charge < -0.3 is 14.2 Å². The van der Waals surface area contributed by atoms with Crippen molar-refractivity contribution in [2.75, 3.05) is 13.2 Å². The SMILES string of the molecule is CC/C=C/C=C/C=C/CCCCCCCC(=O)OCC(COC(=O)CCCCCCCCCCCC/C=C/C=C/CCCCC)OC(=O)CCCCC/C=C/C=C/CCCCCCCCC. The van der Waals surface area contributed by atoms with Gasteiger partial charge in [0.15, 0.2) is 6.10 Å². The molecule has 6 nitrogen and oxygen atoms in total. The smallest absolute Gasteiger partial charge is 0.306 e. The minimum atomic E-state index is -0.800. The van der Waals surface area contributed by atoms with Gasteiger partial charge in [-0.05, 0) is 89.9 Å². The molecule has 0 heterocycles. The normalized spacial score (nSPS) is 12.7. The number of carbonyl (C=O) groups excluding carboxylic acids is 3. The summed E-state index contributed by atoms with van der Waals surface area (Å²) in [5, 5.41) is 0. The predicted octanol–water partition coefficient (Wildman–Crippen LogP) is 18.4. The van der Waals surface area contributed by atoms with Gasteiger partial charge in [0, 0.05) is 19.3 Å². The van der Waals surface area contributed by atoms with E-state index in [2.05, 4.69) is 106 Å². The zero-order valence-electron chi connectivity index (χ0n) is 43.2. The lowest BCUT2D eigenvalue weighted by Crippen LogP contribution is -2.30. The molecule has 0 aromatic heterocycles. The van der Waals surface area contributed by atoms with Crippen molar-refractivity contribution in [2.24, 2.45) is 0 Å². The van der Waals surface area contributed by atoms with E-state index in [4.69, 9.17) is 14.2 Å². The summed E-state index contributed by atoms with van der Waals surface area (Å²) in [6.45, 7) is 6.44. The number of esters is 3. The van der Waals surface area contributed by atoms with Crippen LogP contribution in [-0.2, 0) is 28.6 Å². The number of hydrogen-bond acceptors (Lipinski definition) is 6. The van der Waals surface area contributed by atoms with E-state index in [9.17, 15) is 14.4 Å². The molecule has 0 fully saturated rings. The third-order valence-corrected chi connectivity index (χ3v) is 11.7. The van der Waals surface area contributed by atoms with Crippen LogP contribution in [0.25, 0.3) is 0 Å². The maximum atomic E-state index is 12.8. The van der Waals surface area contributed by atoms with Gasteiger partial charge in [-0.1, -0.05) is 234 Å². The maximum absolute atomic E-state index is 12.8. The van der Waals surface area contributed by atoms with Gasteiger partial charge in [0.1, 0.15) is 13.2 Å². The zero-order valence-corrected chi connectivity index (χ0v) is 43.2. The second-order valence-corrected chi connectivity index (χ2v) is 18.2. The van der Waals surface area contributed by atoms with Crippen LogP contribution in [0.5, 0.6) is 0 Å². The van der Waals surface area contributed by atoms with Crippen molar-refractivity contribution in [3.05, 3.63) is 85.1 Å². The first-order chi connectivity index (χ1) is 32.5. The van der Waals surface area contributed by atoms with E-state index >= 15 is 0 Å². The van der Waals surface area contributed by atoms with Gasteiger partial charge in [0.2, 0.25) is 0 Å². The Morgan fingerprint density at radius 3 is 0.970 bits per heavy atom. The van der Waals surface area contributed by atoms with Crippen molar-refractivity contribution in [1.29, 1.82) is 0 Å². The average molecular weight is 919 g/mol. The van der Waals surface area contributed by atoms with Crippen LogP contribution >= 0.6 is 0 Å². The van der Waals surface area contributed by atoms with E-state index in [1.165, 1.54) is 122 Å². The summed E-state index contributed by atoms with van der Waals surface area (Å²) in [4.78, 5) is 38.1. The molecule has 0 aromatic carbocycles. The first-order valence-corrected chi connectivity index (χ1v) is 27.7. The van der Waals surface area contributed by atoms with E-state index in [1.807, 2.05) is 0 Å². The molecule has 0 spiro atoms. The third kappa shape index (κ3) is 51.6. The van der Waals surface area contributed by atoms with Gasteiger partial charge in [-0.15, -0.1) is 0 Å². The highest BCUT2D eigenvalue weighted by molar-refractivity contribution is 5.71. The minimum Gasteiger partial charge on any atom is -0.462 e. The fourth-order valence-corrected chi connectivity index (χ4v) is 7.54. The van der Waals surface area contributed by atoms with Crippen LogP contribution in [0.2, 0.25) is 0 Å². The lowest BCUT2D eigenvalue weighted by Gasteiger charge is -2.18. The van der Waals surface area contributed by atoms with E-state index in [0.29, 0.717) is 12.8 Å². The molecule has 0 aliphatic heterocycles. The number of rotatable bonds is 49. The van der Waals surface area contributed by atoms with Crippen molar-refractivity contribution < 1.29 is 28.6 Å². The Balaban J connectivity index is 4.43. The number of carbonyl (C=O) groups is 3. The molecule has 0 saturated carbocycles. The lowest BCUT2D eigenvalue weighted by atomic mass is 10.1. The highest BCUT2D eigenvalue weighted by Crippen LogP contribution is 2.15. The monoisotopic (exact) mass is 919 g/mol. The van der Waals surface area contributed by atoms with Crippen LogP contribution in [0.4, 0.5) is 0 Å². The summed E-state index contributed by atoms with van der Waals surface area (Å²) in [6, 6.07) is 0. The Bertz CT molecular complexity index is 1290. The first-order valence-electron chi connectivity index (χ1n) is 27.7. The Morgan fingerprint density at radius 2 is 0.591 bits per heavy atom. The third-order valence-electron chi connectivity index (χ3n) is 11.7. The van der Waals surface area contributed by atoms with E-state index in [-0.39, 0.29) is 37.5 Å². The Labute approximate surface area is 407 Å². The lowest BCUT2D eigenvalue weighted by molar-refractivity contribution is -0.167. The summed E-state index contributed by atoms with van der Waals surface area (Å²) < 4.78 is 16.8. The molecule has 0 bridgehead atoms. The molecule has 0 rings (SSSR count). The fourth-order valence-electron chi connectivity index (χ4n) is 7.54. The van der Waals surface area contributed by atoms with Gasteiger partial charge in [0.25, 0.3) is 0 Å². The highest BCUT2D eigenvalue weighted by Gasteiger charge is 2.19. The van der Waals surface area contributed by atoms with Crippen LogP contribution in [0.15, 0.2) is 85.1 Å². The molecule has 0 aliphatic rings. The Hall–Kier alpha value is -3.41. The zero-order chi connectivity index (χ0) is 47.9. The molecular formula is C60H102O6. The molecule has 66 heavy (non-hydrogen) atoms. The average Bonchev–Trinajstić information content (AvgIpc) is 3.31. The molecule has 0 aromatic rings. The van der Waals surface area contributed by atoms with E-state index < -0.39 is 6.10 Å². The second kappa shape index (κ2) is 54.2. The molecule has 0 saturated heterocycles. The van der Waals surface area contributed by atoms with Gasteiger partial charge in [0.05, 0.1) is 0 Å². The molecule has 6 heteroatoms. The van der Waals surface area contributed by atoms with Gasteiger partial charge in [-0.25, -0.2) is 0 Å². The van der Waals surface area contributed by atoms with Crippen LogP contribution in [0.3, 0.4) is 0 Å². The van der Waals surface area contributed by atoms with Crippen molar-refractivity contribution in [3.8, 4) is 0 Å². The molecule has 378 valence electrons. The van der Waals surface area contributed by atoms with Crippen LogP contribution < -0.4 is 0 Å². The molecular weight excluding hydrogens is 817 g/mol. The second-order valence-electron chi connectivity index (χ2n) is 18.2. The van der Waals surface area contributed by atoms with E-state index in [0.717, 1.165) is 96.3 Å². The topological polar surface area (TPSA) is 78.9 Å². The largest absolute Gasteiger partial charge is 0.462 e. The summed E-state index contributed by atoms with van der Waals surface area (Å²) >= 11 is 0. The number of allylic oxidation sites excluding steroid dienone is 14. The first kappa shape index (κ1) is 62.6. The van der Waals surface area contributed by atoms with Crippen molar-refractivity contribution >= 4 is 17.9 Å². The molecule has 0 aliphatic carbocycles. The Kier molecular flexibility index (Phi) is 51.4. The van der Waals surface area contributed by atoms with Gasteiger partial charge >= 0.3 is 17.9 Å². The number of ether oxygens (including phenoxy) is 3. The maximum Gasteiger partial charge on any atom is 0.306 e. The summed E-state index contributed by atoms with van der Waals surface area (Å²) in [7, 11) is 0.